The van der Waals surface area contributed by atoms with Gasteiger partial charge in [0.2, 0.25) is 0 Å². The molecule has 0 saturated carbocycles. The van der Waals surface area contributed by atoms with Crippen molar-refractivity contribution in [1.82, 2.24) is 14.6 Å². The van der Waals surface area contributed by atoms with Gasteiger partial charge in [0.15, 0.2) is 5.65 Å². The molecule has 0 fully saturated rings. The van der Waals surface area contributed by atoms with Crippen LogP contribution in [-0.2, 0) is 4.74 Å². The molecule has 5 nitrogen and oxygen atoms in total. The summed E-state index contributed by atoms with van der Waals surface area (Å²) in [5.74, 6) is 1.29. The molecular weight excluding hydrogens is 288 g/mol. The van der Waals surface area contributed by atoms with E-state index in [4.69, 9.17) is 9.72 Å². The van der Waals surface area contributed by atoms with Crippen molar-refractivity contribution in [2.24, 2.45) is 0 Å². The van der Waals surface area contributed by atoms with Gasteiger partial charge in [-0.1, -0.05) is 44.2 Å². The zero-order chi connectivity index (χ0) is 16.2. The lowest BCUT2D eigenvalue weighted by atomic mass is 10.1. The van der Waals surface area contributed by atoms with Crippen LogP contribution in [0.15, 0.2) is 42.6 Å². The second-order valence-corrected chi connectivity index (χ2v) is 5.80. The van der Waals surface area contributed by atoms with Crippen LogP contribution in [0.4, 0.5) is 5.82 Å². The van der Waals surface area contributed by atoms with Crippen molar-refractivity contribution in [2.75, 3.05) is 25.6 Å². The summed E-state index contributed by atoms with van der Waals surface area (Å²) in [5, 5.41) is 7.91. The number of ether oxygens (including phenoxy) is 1. The van der Waals surface area contributed by atoms with Crippen molar-refractivity contribution >= 4 is 11.5 Å². The van der Waals surface area contributed by atoms with E-state index in [1.54, 1.807) is 7.11 Å². The summed E-state index contributed by atoms with van der Waals surface area (Å²) in [7, 11) is 1.70. The Labute approximate surface area is 136 Å². The first-order chi connectivity index (χ1) is 11.2. The van der Waals surface area contributed by atoms with Crippen molar-refractivity contribution in [3.8, 4) is 11.1 Å². The summed E-state index contributed by atoms with van der Waals surface area (Å²) in [5.41, 5.74) is 4.10. The minimum Gasteiger partial charge on any atom is -0.383 e. The molecule has 0 aliphatic heterocycles. The van der Waals surface area contributed by atoms with Crippen LogP contribution >= 0.6 is 0 Å². The van der Waals surface area contributed by atoms with Gasteiger partial charge in [0.1, 0.15) is 5.82 Å². The molecule has 5 heteroatoms. The molecule has 2 aromatic heterocycles. The highest BCUT2D eigenvalue weighted by Crippen LogP contribution is 2.27. The number of anilines is 1. The van der Waals surface area contributed by atoms with Gasteiger partial charge in [-0.3, -0.25) is 0 Å². The first-order valence-corrected chi connectivity index (χ1v) is 7.87. The minimum absolute atomic E-state index is 0.349. The fraction of sp³-hybridized carbons (Fsp3) is 0.333. The van der Waals surface area contributed by atoms with E-state index in [1.165, 1.54) is 0 Å². The van der Waals surface area contributed by atoms with E-state index in [1.807, 2.05) is 28.9 Å². The molecular formula is C18H22N4O. The number of rotatable bonds is 6. The highest BCUT2D eigenvalue weighted by molar-refractivity contribution is 5.78. The summed E-state index contributed by atoms with van der Waals surface area (Å²) in [6, 6.07) is 12.3. The van der Waals surface area contributed by atoms with Gasteiger partial charge < -0.3 is 10.1 Å². The topological polar surface area (TPSA) is 51.5 Å². The molecule has 23 heavy (non-hydrogen) atoms. The number of nitrogens with one attached hydrogen (secondary N) is 1. The van der Waals surface area contributed by atoms with Crippen LogP contribution in [0.1, 0.15) is 25.5 Å². The van der Waals surface area contributed by atoms with E-state index in [-0.39, 0.29) is 0 Å². The number of nitrogens with zero attached hydrogens (tertiary/aromatic N) is 3. The first kappa shape index (κ1) is 15.5. The lowest BCUT2D eigenvalue weighted by molar-refractivity contribution is 0.210. The SMILES string of the molecule is COCCNc1cc(C(C)C)nc2c(-c3ccccc3)cnn12. The maximum atomic E-state index is 5.12. The van der Waals surface area contributed by atoms with E-state index < -0.39 is 0 Å². The molecule has 0 saturated heterocycles. The van der Waals surface area contributed by atoms with Crippen molar-refractivity contribution in [1.29, 1.82) is 0 Å². The van der Waals surface area contributed by atoms with E-state index in [2.05, 4.69) is 42.5 Å². The summed E-state index contributed by atoms with van der Waals surface area (Å²) < 4.78 is 6.99. The molecule has 0 aliphatic rings. The quantitative estimate of drug-likeness (QED) is 0.707. The molecule has 0 radical (unpaired) electrons. The number of aromatic nitrogens is 3. The molecule has 0 aliphatic carbocycles. The van der Waals surface area contributed by atoms with Crippen LogP contribution < -0.4 is 5.32 Å². The number of benzene rings is 1. The van der Waals surface area contributed by atoms with Gasteiger partial charge in [-0.2, -0.15) is 9.61 Å². The zero-order valence-corrected chi connectivity index (χ0v) is 13.8. The Hall–Kier alpha value is -2.40. The average Bonchev–Trinajstić information content (AvgIpc) is 3.00. The van der Waals surface area contributed by atoms with Crippen molar-refractivity contribution < 1.29 is 4.74 Å². The Morgan fingerprint density at radius 1 is 1.22 bits per heavy atom. The van der Waals surface area contributed by atoms with Gasteiger partial charge in [0.25, 0.3) is 0 Å². The van der Waals surface area contributed by atoms with Gasteiger partial charge in [-0.05, 0) is 11.5 Å². The predicted octanol–water partition coefficient (Wildman–Crippen LogP) is 3.58. The molecule has 3 aromatic rings. The standard InChI is InChI=1S/C18H22N4O/c1-13(2)16-11-17(19-9-10-23-3)22-18(21-16)15(12-20-22)14-7-5-4-6-8-14/h4-8,11-13,19H,9-10H2,1-3H3. The normalized spacial score (nSPS) is 11.3. The molecule has 3 rings (SSSR count). The van der Waals surface area contributed by atoms with Crippen LogP contribution in [0.5, 0.6) is 0 Å². The Bertz CT molecular complexity index is 780. The summed E-state index contributed by atoms with van der Waals surface area (Å²) in [6.07, 6.45) is 1.88. The van der Waals surface area contributed by atoms with Gasteiger partial charge in [-0.25, -0.2) is 4.98 Å². The number of fused-ring (bicyclic) bond motifs is 1. The largest absolute Gasteiger partial charge is 0.383 e. The number of methoxy groups -OCH3 is 1. The zero-order valence-electron chi connectivity index (χ0n) is 13.8. The van der Waals surface area contributed by atoms with E-state index >= 15 is 0 Å². The molecule has 1 aromatic carbocycles. The van der Waals surface area contributed by atoms with Crippen LogP contribution in [0.25, 0.3) is 16.8 Å². The van der Waals surface area contributed by atoms with Crippen LogP contribution in [-0.4, -0.2) is 34.9 Å². The van der Waals surface area contributed by atoms with Crippen molar-refractivity contribution in [2.45, 2.75) is 19.8 Å². The molecule has 1 N–H and O–H groups in total. The third-order valence-corrected chi connectivity index (χ3v) is 3.78. The first-order valence-electron chi connectivity index (χ1n) is 7.87. The second-order valence-electron chi connectivity index (χ2n) is 5.80. The number of hydrogen-bond donors (Lipinski definition) is 1. The highest BCUT2D eigenvalue weighted by Gasteiger charge is 2.14. The molecule has 0 unspecified atom stereocenters. The van der Waals surface area contributed by atoms with Crippen LogP contribution in [0.2, 0.25) is 0 Å². The Balaban J connectivity index is 2.11. The van der Waals surface area contributed by atoms with Crippen LogP contribution in [0, 0.1) is 0 Å². The maximum absolute atomic E-state index is 5.12. The third-order valence-electron chi connectivity index (χ3n) is 3.78. The average molecular weight is 310 g/mol. The molecule has 0 atom stereocenters. The third kappa shape index (κ3) is 3.19. The van der Waals surface area contributed by atoms with Crippen molar-refractivity contribution in [3.05, 3.63) is 48.3 Å². The predicted molar refractivity (Wildman–Crippen MR) is 92.9 cm³/mol. The van der Waals surface area contributed by atoms with Gasteiger partial charge in [0.05, 0.1) is 12.8 Å². The maximum Gasteiger partial charge on any atom is 0.165 e. The monoisotopic (exact) mass is 310 g/mol. The summed E-state index contributed by atoms with van der Waals surface area (Å²) >= 11 is 0. The summed E-state index contributed by atoms with van der Waals surface area (Å²) in [4.78, 5) is 4.83. The highest BCUT2D eigenvalue weighted by atomic mass is 16.5. The van der Waals surface area contributed by atoms with Gasteiger partial charge in [0, 0.05) is 31.0 Å². The molecule has 120 valence electrons. The Morgan fingerprint density at radius 2 is 2.00 bits per heavy atom. The second kappa shape index (κ2) is 6.79. The van der Waals surface area contributed by atoms with Crippen LogP contribution in [0.3, 0.4) is 0 Å². The van der Waals surface area contributed by atoms with Gasteiger partial charge >= 0.3 is 0 Å². The smallest absolute Gasteiger partial charge is 0.165 e. The molecule has 0 amide bonds. The lowest BCUT2D eigenvalue weighted by Gasteiger charge is -2.12. The van der Waals surface area contributed by atoms with Gasteiger partial charge in [-0.15, -0.1) is 0 Å². The number of hydrogen-bond acceptors (Lipinski definition) is 4. The molecule has 0 spiro atoms. The van der Waals surface area contributed by atoms with E-state index in [0.717, 1.165) is 34.8 Å². The minimum atomic E-state index is 0.349. The molecule has 2 heterocycles. The Morgan fingerprint density at radius 3 is 2.70 bits per heavy atom. The Kier molecular flexibility index (Phi) is 4.57. The fourth-order valence-electron chi connectivity index (χ4n) is 2.51. The van der Waals surface area contributed by atoms with E-state index in [0.29, 0.717) is 12.5 Å². The lowest BCUT2D eigenvalue weighted by Crippen LogP contribution is -2.12. The van der Waals surface area contributed by atoms with Crippen molar-refractivity contribution in [3.63, 3.8) is 0 Å². The summed E-state index contributed by atoms with van der Waals surface area (Å²) in [6.45, 7) is 5.67. The fourth-order valence-corrected chi connectivity index (χ4v) is 2.51. The molecule has 0 bridgehead atoms. The van der Waals surface area contributed by atoms with E-state index in [9.17, 15) is 0 Å².